The molecule has 1 atom stereocenters. The second-order valence-electron chi connectivity index (χ2n) is 4.58. The molecule has 0 aromatic heterocycles. The maximum atomic E-state index is 11.5. The molecule has 1 saturated heterocycles. The number of rotatable bonds is 6. The summed E-state index contributed by atoms with van der Waals surface area (Å²) in [5.41, 5.74) is 0.541. The Hall–Kier alpha value is -1.59. The van der Waals surface area contributed by atoms with E-state index in [9.17, 15) is 4.79 Å². The van der Waals surface area contributed by atoms with Gasteiger partial charge >= 0.3 is 5.97 Å². The van der Waals surface area contributed by atoms with Crippen LogP contribution in [-0.4, -0.2) is 45.0 Å². The molecule has 1 N–H and O–H groups in total. The van der Waals surface area contributed by atoms with E-state index in [1.54, 1.807) is 31.2 Å². The highest BCUT2D eigenvalue weighted by Crippen LogP contribution is 2.14. The third-order valence-electron chi connectivity index (χ3n) is 3.08. The molecule has 0 saturated carbocycles. The summed E-state index contributed by atoms with van der Waals surface area (Å²) in [5, 5.41) is 3.28. The van der Waals surface area contributed by atoms with Gasteiger partial charge in [0.2, 0.25) is 0 Å². The molecule has 20 heavy (non-hydrogen) atoms. The fourth-order valence-electron chi connectivity index (χ4n) is 2.02. The van der Waals surface area contributed by atoms with Crippen molar-refractivity contribution < 1.29 is 19.0 Å². The Kier molecular flexibility index (Phi) is 5.83. The van der Waals surface area contributed by atoms with E-state index < -0.39 is 0 Å². The van der Waals surface area contributed by atoms with Crippen LogP contribution in [0.3, 0.4) is 0 Å². The molecular formula is C15H21NO4. The van der Waals surface area contributed by atoms with E-state index in [0.29, 0.717) is 18.8 Å². The number of esters is 1. The zero-order valence-electron chi connectivity index (χ0n) is 11.8. The topological polar surface area (TPSA) is 56.8 Å². The predicted molar refractivity (Wildman–Crippen MR) is 75.1 cm³/mol. The molecule has 1 heterocycles. The molecular weight excluding hydrogens is 258 g/mol. The second-order valence-corrected chi connectivity index (χ2v) is 4.58. The maximum absolute atomic E-state index is 11.5. The lowest BCUT2D eigenvalue weighted by molar-refractivity contribution is 0.0159. The number of nitrogens with one attached hydrogen (secondary N) is 1. The lowest BCUT2D eigenvalue weighted by Crippen LogP contribution is -2.39. The summed E-state index contributed by atoms with van der Waals surface area (Å²) in [7, 11) is 0. The normalized spacial score (nSPS) is 18.6. The summed E-state index contributed by atoms with van der Waals surface area (Å²) in [6.07, 6.45) is 1.08. The first kappa shape index (κ1) is 14.8. The smallest absolute Gasteiger partial charge is 0.338 e. The van der Waals surface area contributed by atoms with Crippen LogP contribution in [0.25, 0.3) is 0 Å². The van der Waals surface area contributed by atoms with Gasteiger partial charge in [-0.1, -0.05) is 0 Å². The largest absolute Gasteiger partial charge is 0.493 e. The summed E-state index contributed by atoms with van der Waals surface area (Å²) in [6, 6.07) is 7.00. The Morgan fingerprint density at radius 1 is 1.40 bits per heavy atom. The van der Waals surface area contributed by atoms with Crippen LogP contribution in [0.2, 0.25) is 0 Å². The van der Waals surface area contributed by atoms with Crippen molar-refractivity contribution in [1.29, 1.82) is 0 Å². The lowest BCUT2D eigenvalue weighted by Gasteiger charge is -2.23. The van der Waals surface area contributed by atoms with Crippen LogP contribution < -0.4 is 10.1 Å². The summed E-state index contributed by atoms with van der Waals surface area (Å²) >= 11 is 0. The fourth-order valence-corrected chi connectivity index (χ4v) is 2.02. The highest BCUT2D eigenvalue weighted by molar-refractivity contribution is 5.89. The summed E-state index contributed by atoms with van der Waals surface area (Å²) in [4.78, 5) is 11.5. The van der Waals surface area contributed by atoms with Crippen molar-refractivity contribution >= 4 is 5.97 Å². The van der Waals surface area contributed by atoms with E-state index in [2.05, 4.69) is 5.32 Å². The third kappa shape index (κ3) is 4.51. The molecule has 110 valence electrons. The highest BCUT2D eigenvalue weighted by atomic mass is 16.5. The number of hydrogen-bond acceptors (Lipinski definition) is 5. The molecule has 0 radical (unpaired) electrons. The number of morpholine rings is 1. The first-order chi connectivity index (χ1) is 9.79. The van der Waals surface area contributed by atoms with E-state index >= 15 is 0 Å². The van der Waals surface area contributed by atoms with Crippen LogP contribution >= 0.6 is 0 Å². The van der Waals surface area contributed by atoms with E-state index in [-0.39, 0.29) is 12.1 Å². The van der Waals surface area contributed by atoms with Crippen LogP contribution in [-0.2, 0) is 9.47 Å². The van der Waals surface area contributed by atoms with E-state index in [0.717, 1.165) is 31.9 Å². The molecule has 2 rings (SSSR count). The Morgan fingerprint density at radius 3 is 2.85 bits per heavy atom. The number of benzene rings is 1. The van der Waals surface area contributed by atoms with Crippen molar-refractivity contribution in [1.82, 2.24) is 5.32 Å². The summed E-state index contributed by atoms with van der Waals surface area (Å²) < 4.78 is 16.2. The van der Waals surface area contributed by atoms with Gasteiger partial charge in [-0.05, 0) is 31.2 Å². The highest BCUT2D eigenvalue weighted by Gasteiger charge is 2.13. The van der Waals surface area contributed by atoms with E-state index in [1.807, 2.05) is 0 Å². The zero-order chi connectivity index (χ0) is 14.2. The van der Waals surface area contributed by atoms with Crippen LogP contribution in [0.4, 0.5) is 0 Å². The van der Waals surface area contributed by atoms with E-state index in [4.69, 9.17) is 14.2 Å². The first-order valence-electron chi connectivity index (χ1n) is 7.02. The minimum Gasteiger partial charge on any atom is -0.493 e. The Labute approximate surface area is 119 Å². The third-order valence-corrected chi connectivity index (χ3v) is 3.08. The van der Waals surface area contributed by atoms with Crippen molar-refractivity contribution in [2.75, 3.05) is 32.9 Å². The van der Waals surface area contributed by atoms with Gasteiger partial charge in [0, 0.05) is 19.5 Å². The van der Waals surface area contributed by atoms with Gasteiger partial charge < -0.3 is 19.5 Å². The van der Waals surface area contributed by atoms with Gasteiger partial charge in [0.25, 0.3) is 0 Å². The van der Waals surface area contributed by atoms with Gasteiger partial charge in [-0.3, -0.25) is 0 Å². The average Bonchev–Trinajstić information content (AvgIpc) is 2.49. The van der Waals surface area contributed by atoms with Crippen molar-refractivity contribution in [3.63, 3.8) is 0 Å². The maximum Gasteiger partial charge on any atom is 0.338 e. The molecule has 5 nitrogen and oxygen atoms in total. The lowest BCUT2D eigenvalue weighted by atomic mass is 10.2. The Balaban J connectivity index is 1.74. The molecule has 0 bridgehead atoms. The van der Waals surface area contributed by atoms with Gasteiger partial charge in [0.1, 0.15) is 5.75 Å². The second kappa shape index (κ2) is 7.87. The van der Waals surface area contributed by atoms with Gasteiger partial charge in [0.15, 0.2) is 0 Å². The van der Waals surface area contributed by atoms with Crippen LogP contribution in [0, 0.1) is 0 Å². The molecule has 5 heteroatoms. The zero-order valence-corrected chi connectivity index (χ0v) is 11.8. The van der Waals surface area contributed by atoms with Crippen molar-refractivity contribution in [3.8, 4) is 5.75 Å². The average molecular weight is 279 g/mol. The standard InChI is InChI=1S/C15H21NO4/c1-2-18-15(17)12-3-5-13(6-4-12)19-9-7-14-11-16-8-10-20-14/h3-6,14,16H,2,7-11H2,1H3. The fraction of sp³-hybridized carbons (Fsp3) is 0.533. The molecule has 0 spiro atoms. The van der Waals surface area contributed by atoms with Crippen LogP contribution in [0.15, 0.2) is 24.3 Å². The Bertz CT molecular complexity index is 412. The quantitative estimate of drug-likeness (QED) is 0.802. The van der Waals surface area contributed by atoms with Crippen LogP contribution in [0.1, 0.15) is 23.7 Å². The van der Waals surface area contributed by atoms with Gasteiger partial charge in [-0.15, -0.1) is 0 Å². The molecule has 0 aliphatic carbocycles. The van der Waals surface area contributed by atoms with Gasteiger partial charge in [-0.25, -0.2) is 4.79 Å². The minimum atomic E-state index is -0.305. The first-order valence-corrected chi connectivity index (χ1v) is 7.02. The van der Waals surface area contributed by atoms with Crippen molar-refractivity contribution in [2.45, 2.75) is 19.4 Å². The van der Waals surface area contributed by atoms with Crippen molar-refractivity contribution in [3.05, 3.63) is 29.8 Å². The molecule has 1 unspecified atom stereocenters. The molecule has 0 amide bonds. The molecule has 1 aromatic rings. The predicted octanol–water partition coefficient (Wildman–Crippen LogP) is 1.62. The minimum absolute atomic E-state index is 0.225. The Morgan fingerprint density at radius 2 is 2.20 bits per heavy atom. The monoisotopic (exact) mass is 279 g/mol. The summed E-state index contributed by atoms with van der Waals surface area (Å²) in [5.74, 6) is 0.447. The SMILES string of the molecule is CCOC(=O)c1ccc(OCCC2CNCCO2)cc1. The number of carbonyl (C=O) groups excluding carboxylic acids is 1. The van der Waals surface area contributed by atoms with Gasteiger partial charge in [0.05, 0.1) is 31.5 Å². The van der Waals surface area contributed by atoms with Crippen LogP contribution in [0.5, 0.6) is 5.75 Å². The molecule has 1 aliphatic heterocycles. The van der Waals surface area contributed by atoms with Crippen molar-refractivity contribution in [2.24, 2.45) is 0 Å². The number of hydrogen-bond donors (Lipinski definition) is 1. The molecule has 1 fully saturated rings. The summed E-state index contributed by atoms with van der Waals surface area (Å²) in [6.45, 7) is 5.34. The number of ether oxygens (including phenoxy) is 3. The molecule has 1 aromatic carbocycles. The molecule has 1 aliphatic rings. The van der Waals surface area contributed by atoms with Gasteiger partial charge in [-0.2, -0.15) is 0 Å². The number of carbonyl (C=O) groups is 1. The van der Waals surface area contributed by atoms with E-state index in [1.165, 1.54) is 0 Å².